The van der Waals surface area contributed by atoms with Crippen molar-refractivity contribution in [1.82, 2.24) is 23.8 Å². The highest BCUT2D eigenvalue weighted by molar-refractivity contribution is 7.71. The minimum absolute atomic E-state index is 0.0608. The Balaban J connectivity index is 1.75. The lowest BCUT2D eigenvalue weighted by Gasteiger charge is -2.16. The van der Waals surface area contributed by atoms with Crippen LogP contribution in [0.3, 0.4) is 0 Å². The summed E-state index contributed by atoms with van der Waals surface area (Å²) >= 11 is 5.51. The Kier molecular flexibility index (Phi) is 3.97. The lowest BCUT2D eigenvalue weighted by Crippen LogP contribution is -2.23. The van der Waals surface area contributed by atoms with E-state index >= 15 is 0 Å². The topological polar surface area (TPSA) is 51.1 Å². The fourth-order valence-electron chi connectivity index (χ4n) is 2.58. The fourth-order valence-corrected chi connectivity index (χ4v) is 2.93. The highest BCUT2D eigenvalue weighted by Crippen LogP contribution is 2.36. The van der Waals surface area contributed by atoms with E-state index in [9.17, 15) is 5.11 Å². The number of aromatic nitrogens is 4. The fraction of sp³-hybridized carbons (Fsp3) is 0.571. The highest BCUT2D eigenvalue weighted by atomic mass is 32.1. The van der Waals surface area contributed by atoms with E-state index in [4.69, 9.17) is 12.2 Å². The van der Waals surface area contributed by atoms with Gasteiger partial charge in [-0.3, -0.25) is 9.47 Å². The smallest absolute Gasteiger partial charge is 0.199 e. The summed E-state index contributed by atoms with van der Waals surface area (Å²) in [6, 6.07) is 4.59. The van der Waals surface area contributed by atoms with Crippen LogP contribution in [-0.2, 0) is 26.9 Å². The molecule has 2 heterocycles. The molecule has 0 spiro atoms. The molecule has 1 fully saturated rings. The SMILES string of the molecule is CN(Cc1cccn1C)Cn1nc(CO)n(C2CC2)c1=S. The van der Waals surface area contributed by atoms with E-state index < -0.39 is 0 Å². The van der Waals surface area contributed by atoms with Gasteiger partial charge in [0.1, 0.15) is 6.61 Å². The molecular weight excluding hydrogens is 286 g/mol. The van der Waals surface area contributed by atoms with Crippen molar-refractivity contribution in [3.63, 3.8) is 0 Å². The maximum absolute atomic E-state index is 9.45. The predicted molar refractivity (Wildman–Crippen MR) is 82.1 cm³/mol. The molecule has 114 valence electrons. The van der Waals surface area contributed by atoms with E-state index in [1.807, 2.05) is 35.6 Å². The molecule has 0 atom stereocenters. The van der Waals surface area contributed by atoms with Gasteiger partial charge in [-0.2, -0.15) is 5.10 Å². The van der Waals surface area contributed by atoms with Gasteiger partial charge in [0, 0.05) is 31.5 Å². The van der Waals surface area contributed by atoms with Crippen molar-refractivity contribution in [3.05, 3.63) is 34.6 Å². The Labute approximate surface area is 129 Å². The normalized spacial score (nSPS) is 15.0. The zero-order valence-electron chi connectivity index (χ0n) is 12.4. The lowest BCUT2D eigenvalue weighted by molar-refractivity contribution is 0.234. The van der Waals surface area contributed by atoms with Crippen LogP contribution < -0.4 is 0 Å². The maximum Gasteiger partial charge on any atom is 0.199 e. The highest BCUT2D eigenvalue weighted by Gasteiger charge is 2.28. The van der Waals surface area contributed by atoms with Crippen LogP contribution in [0.5, 0.6) is 0 Å². The summed E-state index contributed by atoms with van der Waals surface area (Å²) in [5.74, 6) is 0.676. The van der Waals surface area contributed by atoms with Crippen LogP contribution in [0.1, 0.15) is 30.4 Å². The summed E-state index contributed by atoms with van der Waals surface area (Å²) in [4.78, 5) is 2.16. The number of hydrogen-bond donors (Lipinski definition) is 1. The van der Waals surface area contributed by atoms with Crippen molar-refractivity contribution < 1.29 is 5.11 Å². The molecule has 3 rings (SSSR count). The van der Waals surface area contributed by atoms with Gasteiger partial charge in [0.25, 0.3) is 0 Å². The molecule has 0 bridgehead atoms. The van der Waals surface area contributed by atoms with E-state index in [2.05, 4.69) is 20.6 Å². The van der Waals surface area contributed by atoms with E-state index in [1.165, 1.54) is 5.69 Å². The third-order valence-corrected chi connectivity index (χ3v) is 4.26. The summed E-state index contributed by atoms with van der Waals surface area (Å²) in [6.45, 7) is 1.39. The first-order chi connectivity index (χ1) is 10.1. The van der Waals surface area contributed by atoms with Crippen LogP contribution in [0.15, 0.2) is 18.3 Å². The molecule has 1 aliphatic carbocycles. The van der Waals surface area contributed by atoms with Gasteiger partial charge in [0.15, 0.2) is 10.6 Å². The number of aliphatic hydroxyl groups is 1. The zero-order chi connectivity index (χ0) is 15.0. The van der Waals surface area contributed by atoms with Crippen LogP contribution in [0.4, 0.5) is 0 Å². The summed E-state index contributed by atoms with van der Waals surface area (Å²) in [5.41, 5.74) is 1.24. The van der Waals surface area contributed by atoms with Crippen molar-refractivity contribution >= 4 is 12.2 Å². The van der Waals surface area contributed by atoms with E-state index in [0.717, 1.165) is 19.4 Å². The van der Waals surface area contributed by atoms with Crippen molar-refractivity contribution in [1.29, 1.82) is 0 Å². The van der Waals surface area contributed by atoms with Gasteiger partial charge < -0.3 is 9.67 Å². The van der Waals surface area contributed by atoms with Crippen molar-refractivity contribution in [3.8, 4) is 0 Å². The van der Waals surface area contributed by atoms with Gasteiger partial charge in [-0.05, 0) is 44.2 Å². The van der Waals surface area contributed by atoms with Gasteiger partial charge in [0.2, 0.25) is 0 Å². The second kappa shape index (κ2) is 5.75. The van der Waals surface area contributed by atoms with Gasteiger partial charge in [-0.25, -0.2) is 4.68 Å². The summed E-state index contributed by atoms with van der Waals surface area (Å²) < 4.78 is 6.63. The quantitative estimate of drug-likeness (QED) is 0.825. The molecule has 1 aliphatic rings. The van der Waals surface area contributed by atoms with Crippen LogP contribution in [0.2, 0.25) is 0 Å². The number of rotatable bonds is 6. The Morgan fingerprint density at radius 2 is 2.24 bits per heavy atom. The van der Waals surface area contributed by atoms with Crippen LogP contribution in [0.25, 0.3) is 0 Å². The molecule has 0 saturated heterocycles. The first-order valence-electron chi connectivity index (χ1n) is 7.18. The van der Waals surface area contributed by atoms with Crippen LogP contribution in [-0.4, -0.2) is 36.0 Å². The third kappa shape index (κ3) is 2.95. The monoisotopic (exact) mass is 307 g/mol. The van der Waals surface area contributed by atoms with Crippen molar-refractivity contribution in [2.75, 3.05) is 7.05 Å². The third-order valence-electron chi connectivity index (χ3n) is 3.85. The number of aliphatic hydroxyl groups excluding tert-OH is 1. The Morgan fingerprint density at radius 3 is 2.81 bits per heavy atom. The van der Waals surface area contributed by atoms with Crippen LogP contribution in [0, 0.1) is 4.77 Å². The second-order valence-corrected chi connectivity index (χ2v) is 6.09. The van der Waals surface area contributed by atoms with Gasteiger partial charge >= 0.3 is 0 Å². The van der Waals surface area contributed by atoms with Crippen molar-refractivity contribution in [2.24, 2.45) is 7.05 Å². The lowest BCUT2D eigenvalue weighted by atomic mass is 10.4. The number of aryl methyl sites for hydroxylation is 1. The molecule has 1 N–H and O–H groups in total. The van der Waals surface area contributed by atoms with Gasteiger partial charge in [-0.15, -0.1) is 0 Å². The standard InChI is InChI=1S/C14H21N5OS/c1-16(8-12-4-3-7-17(12)2)10-18-14(21)19(11-5-6-11)13(9-20)15-18/h3-4,7,11,20H,5-6,8-10H2,1-2H3. The predicted octanol–water partition coefficient (Wildman–Crippen LogP) is 1.67. The maximum atomic E-state index is 9.45. The minimum atomic E-state index is -0.0608. The van der Waals surface area contributed by atoms with Crippen LogP contribution >= 0.6 is 12.2 Å². The van der Waals surface area contributed by atoms with E-state index in [0.29, 0.717) is 23.3 Å². The van der Waals surface area contributed by atoms with Gasteiger partial charge in [-0.1, -0.05) is 0 Å². The largest absolute Gasteiger partial charge is 0.388 e. The second-order valence-electron chi connectivity index (χ2n) is 5.72. The molecule has 7 heteroatoms. The summed E-state index contributed by atoms with van der Waals surface area (Å²) in [6.07, 6.45) is 4.30. The average molecular weight is 307 g/mol. The Hall–Kier alpha value is -1.44. The number of hydrogen-bond acceptors (Lipinski definition) is 4. The molecule has 0 radical (unpaired) electrons. The molecular formula is C14H21N5OS. The molecule has 0 amide bonds. The Morgan fingerprint density at radius 1 is 1.48 bits per heavy atom. The molecule has 21 heavy (non-hydrogen) atoms. The van der Waals surface area contributed by atoms with E-state index in [-0.39, 0.29) is 6.61 Å². The molecule has 6 nitrogen and oxygen atoms in total. The van der Waals surface area contributed by atoms with Gasteiger partial charge in [0.05, 0.1) is 6.67 Å². The first kappa shape index (κ1) is 14.5. The zero-order valence-corrected chi connectivity index (χ0v) is 13.3. The first-order valence-corrected chi connectivity index (χ1v) is 7.59. The summed E-state index contributed by atoms with van der Waals surface area (Å²) in [5, 5.41) is 13.9. The number of nitrogens with zero attached hydrogens (tertiary/aromatic N) is 5. The summed E-state index contributed by atoms with van der Waals surface area (Å²) in [7, 11) is 4.09. The Bertz CT molecular complexity index is 682. The molecule has 0 unspecified atom stereocenters. The van der Waals surface area contributed by atoms with Crippen molar-refractivity contribution in [2.45, 2.75) is 38.7 Å². The minimum Gasteiger partial charge on any atom is -0.388 e. The average Bonchev–Trinajstić information content (AvgIpc) is 3.14. The molecule has 0 aliphatic heterocycles. The molecule has 0 aromatic carbocycles. The molecule has 2 aromatic rings. The molecule has 2 aromatic heterocycles. The van der Waals surface area contributed by atoms with E-state index in [1.54, 1.807) is 0 Å². The molecule has 1 saturated carbocycles.